The molecule has 0 aliphatic rings. The van der Waals surface area contributed by atoms with Crippen molar-refractivity contribution in [1.29, 1.82) is 0 Å². The van der Waals surface area contributed by atoms with Crippen LogP contribution in [0, 0.1) is 23.7 Å². The van der Waals surface area contributed by atoms with E-state index in [1.807, 2.05) is 30.3 Å². The Labute approximate surface area is 199 Å². The normalized spacial score (nSPS) is 12.1. The number of hydrogen-bond donors (Lipinski definition) is 1. The van der Waals surface area contributed by atoms with E-state index >= 15 is 0 Å². The van der Waals surface area contributed by atoms with Crippen molar-refractivity contribution in [2.24, 2.45) is 0 Å². The van der Waals surface area contributed by atoms with Gasteiger partial charge in [0.1, 0.15) is 0 Å². The van der Waals surface area contributed by atoms with Crippen LogP contribution in [-0.2, 0) is 4.43 Å². The molecule has 3 rings (SSSR count). The molecule has 0 fully saturated rings. The third kappa shape index (κ3) is 6.47. The zero-order chi connectivity index (χ0) is 23.6. The highest BCUT2D eigenvalue weighted by Gasteiger charge is 2.49. The molecule has 0 aliphatic heterocycles. The quantitative estimate of drug-likeness (QED) is 0.332. The Morgan fingerprint density at radius 3 is 1.82 bits per heavy atom. The fraction of sp³-hybridized carbons (Fsp3) is 0.267. The first-order valence-corrected chi connectivity index (χ1v) is 13.3. The van der Waals surface area contributed by atoms with Crippen molar-refractivity contribution < 1.29 is 9.53 Å². The van der Waals surface area contributed by atoms with Gasteiger partial charge in [-0.3, -0.25) is 0 Å². The average molecular weight is 453 g/mol. The van der Waals surface area contributed by atoms with Crippen molar-refractivity contribution in [3.63, 3.8) is 0 Å². The smallest absolute Gasteiger partial charge is 0.261 e. The van der Waals surface area contributed by atoms with Crippen LogP contribution in [0.1, 0.15) is 39.2 Å². The van der Waals surface area contributed by atoms with Gasteiger partial charge >= 0.3 is 0 Å². The van der Waals surface area contributed by atoms with E-state index in [2.05, 4.69) is 105 Å². The van der Waals surface area contributed by atoms with Crippen LogP contribution in [-0.4, -0.2) is 26.1 Å². The van der Waals surface area contributed by atoms with E-state index in [4.69, 9.17) is 4.43 Å². The predicted octanol–water partition coefficient (Wildman–Crippen LogP) is 4.76. The molecule has 1 atom stereocenters. The summed E-state index contributed by atoms with van der Waals surface area (Å²) in [5, 5.41) is 12.5. The van der Waals surface area contributed by atoms with Crippen LogP contribution in [0.15, 0.2) is 91.0 Å². The second-order valence-corrected chi connectivity index (χ2v) is 13.3. The molecule has 0 heterocycles. The molecule has 33 heavy (non-hydrogen) atoms. The van der Waals surface area contributed by atoms with Gasteiger partial charge in [-0.15, -0.1) is 0 Å². The van der Waals surface area contributed by atoms with Crippen molar-refractivity contribution in [1.82, 2.24) is 0 Å². The van der Waals surface area contributed by atoms with E-state index in [-0.39, 0.29) is 5.04 Å². The van der Waals surface area contributed by atoms with E-state index in [0.717, 1.165) is 12.0 Å². The van der Waals surface area contributed by atoms with Gasteiger partial charge in [-0.05, 0) is 34.0 Å². The first kappa shape index (κ1) is 24.6. The summed E-state index contributed by atoms with van der Waals surface area (Å²) in [5.74, 6) is 11.6. The van der Waals surface area contributed by atoms with E-state index < -0.39 is 14.4 Å². The number of hydrogen-bond acceptors (Lipinski definition) is 2. The van der Waals surface area contributed by atoms with Crippen LogP contribution >= 0.6 is 0 Å². The van der Waals surface area contributed by atoms with Crippen molar-refractivity contribution in [2.45, 2.75) is 44.8 Å². The second-order valence-electron chi connectivity index (χ2n) is 8.97. The van der Waals surface area contributed by atoms with Crippen LogP contribution in [0.5, 0.6) is 0 Å². The highest BCUT2D eigenvalue weighted by atomic mass is 28.4. The average Bonchev–Trinajstić information content (AvgIpc) is 2.83. The first-order chi connectivity index (χ1) is 15.9. The molecule has 0 aliphatic carbocycles. The SMILES string of the molecule is CC(C)(C)[Si](OCCCC#CC(O)C#Cc1ccccc1)(c1ccccc1)c1ccccc1. The number of aliphatic hydroxyl groups excluding tert-OH is 1. The molecule has 0 saturated carbocycles. The van der Waals surface area contributed by atoms with Crippen LogP contribution in [0.4, 0.5) is 0 Å². The fourth-order valence-electron chi connectivity index (χ4n) is 4.03. The van der Waals surface area contributed by atoms with Gasteiger partial charge < -0.3 is 9.53 Å². The lowest BCUT2D eigenvalue weighted by atomic mass is 10.2. The highest BCUT2D eigenvalue weighted by molar-refractivity contribution is 6.99. The summed E-state index contributed by atoms with van der Waals surface area (Å²) in [6.45, 7) is 7.45. The summed E-state index contributed by atoms with van der Waals surface area (Å²) in [6.07, 6.45) is 0.515. The van der Waals surface area contributed by atoms with E-state index in [0.29, 0.717) is 13.0 Å². The molecule has 1 unspecified atom stereocenters. The van der Waals surface area contributed by atoms with E-state index in [1.165, 1.54) is 10.4 Å². The van der Waals surface area contributed by atoms with E-state index in [9.17, 15) is 5.11 Å². The number of rotatable bonds is 6. The maximum absolute atomic E-state index is 10.0. The lowest BCUT2D eigenvalue weighted by Crippen LogP contribution is -2.66. The Hall–Kier alpha value is -3.08. The second kappa shape index (κ2) is 11.7. The number of benzene rings is 3. The molecule has 0 aromatic heterocycles. The summed E-state index contributed by atoms with van der Waals surface area (Å²) >= 11 is 0. The van der Waals surface area contributed by atoms with Crippen molar-refractivity contribution >= 4 is 18.7 Å². The minimum Gasteiger partial charge on any atom is -0.407 e. The third-order valence-electron chi connectivity index (χ3n) is 5.55. The Morgan fingerprint density at radius 1 is 0.788 bits per heavy atom. The van der Waals surface area contributed by atoms with Gasteiger partial charge in [-0.1, -0.05) is 123 Å². The van der Waals surface area contributed by atoms with Gasteiger partial charge in [-0.25, -0.2) is 0 Å². The lowest BCUT2D eigenvalue weighted by molar-refractivity contribution is 0.288. The van der Waals surface area contributed by atoms with E-state index in [1.54, 1.807) is 0 Å². The maximum Gasteiger partial charge on any atom is 0.261 e. The zero-order valence-electron chi connectivity index (χ0n) is 19.7. The van der Waals surface area contributed by atoms with Gasteiger partial charge in [0.15, 0.2) is 6.10 Å². The summed E-state index contributed by atoms with van der Waals surface area (Å²) in [6, 6.07) is 30.9. The lowest BCUT2D eigenvalue weighted by Gasteiger charge is -2.43. The first-order valence-electron chi connectivity index (χ1n) is 11.4. The van der Waals surface area contributed by atoms with Gasteiger partial charge in [0.25, 0.3) is 8.32 Å². The highest BCUT2D eigenvalue weighted by Crippen LogP contribution is 2.36. The molecule has 168 valence electrons. The number of unbranched alkanes of at least 4 members (excludes halogenated alkanes) is 1. The minimum atomic E-state index is -2.50. The Balaban J connectivity index is 1.68. The van der Waals surface area contributed by atoms with Gasteiger partial charge in [-0.2, -0.15) is 0 Å². The molecule has 0 bridgehead atoms. The van der Waals surface area contributed by atoms with Crippen molar-refractivity contribution in [3.05, 3.63) is 96.6 Å². The number of aliphatic hydroxyl groups is 1. The zero-order valence-corrected chi connectivity index (χ0v) is 20.7. The molecule has 1 N–H and O–H groups in total. The summed E-state index contributed by atoms with van der Waals surface area (Å²) in [4.78, 5) is 0. The summed E-state index contributed by atoms with van der Waals surface area (Å²) in [7, 11) is -2.50. The third-order valence-corrected chi connectivity index (χ3v) is 10.6. The standard InChI is InChI=1S/C30H32O2Si/c1-30(2,3)33(28-19-11-5-12-20-28,29-21-13-6-14-22-29)32-25-15-7-10-18-27(31)24-23-26-16-8-4-9-17-26/h4-6,8-9,11-14,16-17,19-22,27,31H,7,15,25H2,1-3H3. The molecule has 0 radical (unpaired) electrons. The van der Waals surface area contributed by atoms with Crippen molar-refractivity contribution in [3.8, 4) is 23.7 Å². The van der Waals surface area contributed by atoms with Gasteiger partial charge in [0.2, 0.25) is 0 Å². The molecular weight excluding hydrogens is 420 g/mol. The molecule has 3 aromatic carbocycles. The van der Waals surface area contributed by atoms with Gasteiger partial charge in [0, 0.05) is 18.6 Å². The Morgan fingerprint density at radius 2 is 1.30 bits per heavy atom. The van der Waals surface area contributed by atoms with Crippen LogP contribution in [0.3, 0.4) is 0 Å². The topological polar surface area (TPSA) is 29.5 Å². The molecule has 0 amide bonds. The molecule has 2 nitrogen and oxygen atoms in total. The monoisotopic (exact) mass is 452 g/mol. The van der Waals surface area contributed by atoms with Crippen LogP contribution < -0.4 is 10.4 Å². The summed E-state index contributed by atoms with van der Waals surface area (Å²) < 4.78 is 6.86. The molecule has 3 heteroatoms. The maximum atomic E-state index is 10.0. The predicted molar refractivity (Wildman–Crippen MR) is 140 cm³/mol. The van der Waals surface area contributed by atoms with Crippen molar-refractivity contribution in [2.75, 3.05) is 6.61 Å². The van der Waals surface area contributed by atoms with Crippen LogP contribution in [0.2, 0.25) is 5.04 Å². The molecule has 0 saturated heterocycles. The minimum absolute atomic E-state index is 0.0371. The molecular formula is C30H32O2Si. The molecule has 0 spiro atoms. The Bertz CT molecular complexity index is 1070. The Kier molecular flexibility index (Phi) is 8.70. The largest absolute Gasteiger partial charge is 0.407 e. The summed E-state index contributed by atoms with van der Waals surface area (Å²) in [5.41, 5.74) is 0.872. The van der Waals surface area contributed by atoms with Gasteiger partial charge in [0.05, 0.1) is 0 Å². The molecule has 3 aromatic rings. The fourth-order valence-corrected chi connectivity index (χ4v) is 8.63. The van der Waals surface area contributed by atoms with Crippen LogP contribution in [0.25, 0.3) is 0 Å².